The maximum atomic E-state index is 11.1. The highest BCUT2D eigenvalue weighted by Gasteiger charge is 2.54. The summed E-state index contributed by atoms with van der Waals surface area (Å²) in [6.07, 6.45) is -16.1. The summed E-state index contributed by atoms with van der Waals surface area (Å²) in [6, 6.07) is -3.08. The van der Waals surface area contributed by atoms with Gasteiger partial charge in [-0.2, -0.15) is 0 Å². The summed E-state index contributed by atoms with van der Waals surface area (Å²) >= 11 is 0. The Hall–Kier alpha value is -0.640. The van der Waals surface area contributed by atoms with Crippen LogP contribution in [0.3, 0.4) is 0 Å². The van der Waals surface area contributed by atoms with Crippen molar-refractivity contribution in [1.29, 1.82) is 0 Å². The molecule has 16 nitrogen and oxygen atoms in total. The first-order chi connectivity index (χ1) is 17.5. The van der Waals surface area contributed by atoms with Crippen molar-refractivity contribution in [1.82, 2.24) is 5.32 Å². The van der Waals surface area contributed by atoms with Crippen LogP contribution in [0.4, 0.5) is 0 Å². The Morgan fingerprint density at radius 2 is 1.41 bits per heavy atom. The smallest absolute Gasteiger partial charge is 0.189 e. The molecule has 0 amide bonds. The van der Waals surface area contributed by atoms with Gasteiger partial charge >= 0.3 is 0 Å². The van der Waals surface area contributed by atoms with Gasteiger partial charge in [-0.3, -0.25) is 0 Å². The SMILES string of the molecule is CN[C@@H]1C(O[C@H]2O[C@H](CO)[C@@H](O)[C@H](O)[C@H]2O)O[C@H]2C[C@@H](N)[C@@H](O[C@H]3[C@H](O)[C@@H](O)[C@H](N)C[C@@H]3N)O[C@@H]2[C@@H]1O. The zero-order valence-corrected chi connectivity index (χ0v) is 20.3. The van der Waals surface area contributed by atoms with Crippen LogP contribution in [-0.2, 0) is 23.7 Å². The highest BCUT2D eigenvalue weighted by atomic mass is 16.8. The van der Waals surface area contributed by atoms with Gasteiger partial charge in [-0.15, -0.1) is 0 Å². The molecule has 37 heavy (non-hydrogen) atoms. The Bertz CT molecular complexity index is 754. The van der Waals surface area contributed by atoms with E-state index in [4.69, 9.17) is 40.9 Å². The summed E-state index contributed by atoms with van der Waals surface area (Å²) in [5.74, 6) is 0. The number of aliphatic hydroxyl groups is 7. The third-order valence-corrected chi connectivity index (χ3v) is 7.65. The van der Waals surface area contributed by atoms with E-state index in [9.17, 15) is 35.7 Å². The molecule has 0 radical (unpaired) electrons. The Balaban J connectivity index is 1.43. The molecule has 0 bridgehead atoms. The Kier molecular flexibility index (Phi) is 9.40. The molecule has 4 rings (SSSR count). The molecule has 17 atom stereocenters. The quantitative estimate of drug-likeness (QED) is 0.149. The summed E-state index contributed by atoms with van der Waals surface area (Å²) < 4.78 is 29.0. The predicted molar refractivity (Wildman–Crippen MR) is 121 cm³/mol. The lowest BCUT2D eigenvalue weighted by atomic mass is 9.84. The summed E-state index contributed by atoms with van der Waals surface area (Å²) in [7, 11) is 1.53. The predicted octanol–water partition coefficient (Wildman–Crippen LogP) is -6.92. The lowest BCUT2D eigenvalue weighted by molar-refractivity contribution is -0.378. The molecular weight excluding hydrogens is 500 g/mol. The molecule has 0 aromatic heterocycles. The summed E-state index contributed by atoms with van der Waals surface area (Å²) in [6.45, 7) is -0.633. The summed E-state index contributed by atoms with van der Waals surface area (Å²) in [5, 5.41) is 74.3. The summed E-state index contributed by atoms with van der Waals surface area (Å²) in [5.41, 5.74) is 18.2. The van der Waals surface area contributed by atoms with E-state index in [1.165, 1.54) is 7.05 Å². The van der Waals surface area contributed by atoms with E-state index in [1.54, 1.807) is 0 Å². The van der Waals surface area contributed by atoms with Crippen LogP contribution in [0.1, 0.15) is 12.8 Å². The Morgan fingerprint density at radius 3 is 2.05 bits per heavy atom. The lowest BCUT2D eigenvalue weighted by Crippen LogP contribution is -2.70. The molecule has 3 heterocycles. The molecule has 3 aliphatic heterocycles. The van der Waals surface area contributed by atoms with Crippen molar-refractivity contribution >= 4 is 0 Å². The number of rotatable bonds is 6. The molecule has 4 fully saturated rings. The third kappa shape index (κ3) is 5.66. The third-order valence-electron chi connectivity index (χ3n) is 7.65. The van der Waals surface area contributed by atoms with E-state index in [1.807, 2.05) is 0 Å². The molecule has 216 valence electrons. The first kappa shape index (κ1) is 29.3. The number of likely N-dealkylation sites (N-methyl/N-ethyl adjacent to an activating group) is 1. The van der Waals surface area contributed by atoms with Crippen LogP contribution in [0.15, 0.2) is 0 Å². The second-order valence-electron chi connectivity index (χ2n) is 10.2. The molecule has 0 aromatic rings. The topological polar surface area (TPSA) is 278 Å². The fraction of sp³-hybridized carbons (Fsp3) is 1.00. The van der Waals surface area contributed by atoms with Crippen molar-refractivity contribution in [2.45, 2.75) is 117 Å². The van der Waals surface area contributed by atoms with Gasteiger partial charge in [-0.1, -0.05) is 0 Å². The zero-order valence-electron chi connectivity index (χ0n) is 20.3. The van der Waals surface area contributed by atoms with E-state index in [-0.39, 0.29) is 12.8 Å². The van der Waals surface area contributed by atoms with Crippen LogP contribution < -0.4 is 22.5 Å². The van der Waals surface area contributed by atoms with E-state index < -0.39 is 111 Å². The van der Waals surface area contributed by atoms with Crippen LogP contribution in [-0.4, -0.2) is 153 Å². The number of hydrogen-bond donors (Lipinski definition) is 11. The zero-order chi connectivity index (χ0) is 27.2. The van der Waals surface area contributed by atoms with Crippen LogP contribution in [0.25, 0.3) is 0 Å². The molecule has 14 N–H and O–H groups in total. The van der Waals surface area contributed by atoms with E-state index in [0.717, 1.165) is 0 Å². The number of nitrogens with one attached hydrogen (secondary N) is 1. The number of ether oxygens (including phenoxy) is 5. The van der Waals surface area contributed by atoms with E-state index in [2.05, 4.69) is 5.32 Å². The second-order valence-corrected chi connectivity index (χ2v) is 10.2. The number of hydrogen-bond acceptors (Lipinski definition) is 16. The number of fused-ring (bicyclic) bond motifs is 1. The number of aliphatic hydroxyl groups excluding tert-OH is 7. The number of nitrogens with two attached hydrogens (primary N) is 3. The van der Waals surface area contributed by atoms with Gasteiger partial charge in [0.1, 0.15) is 48.8 Å². The second kappa shape index (κ2) is 11.8. The fourth-order valence-corrected chi connectivity index (χ4v) is 5.41. The monoisotopic (exact) mass is 540 g/mol. The first-order valence-electron chi connectivity index (χ1n) is 12.4. The largest absolute Gasteiger partial charge is 0.394 e. The normalized spacial score (nSPS) is 55.1. The molecule has 0 aromatic carbocycles. The molecule has 0 spiro atoms. The van der Waals surface area contributed by atoms with Crippen molar-refractivity contribution in [2.24, 2.45) is 17.2 Å². The highest BCUT2D eigenvalue weighted by Crippen LogP contribution is 2.35. The van der Waals surface area contributed by atoms with Crippen molar-refractivity contribution < 1.29 is 59.4 Å². The molecule has 16 heteroatoms. The van der Waals surface area contributed by atoms with Crippen LogP contribution in [0.5, 0.6) is 0 Å². The Morgan fingerprint density at radius 1 is 0.703 bits per heavy atom. The van der Waals surface area contributed by atoms with Crippen LogP contribution >= 0.6 is 0 Å². The van der Waals surface area contributed by atoms with E-state index in [0.29, 0.717) is 0 Å². The van der Waals surface area contributed by atoms with Gasteiger partial charge in [-0.25, -0.2) is 0 Å². The van der Waals surface area contributed by atoms with Gasteiger partial charge in [0.25, 0.3) is 0 Å². The van der Waals surface area contributed by atoms with Gasteiger partial charge in [0.15, 0.2) is 18.9 Å². The van der Waals surface area contributed by atoms with Crippen LogP contribution in [0.2, 0.25) is 0 Å². The molecule has 1 aliphatic carbocycles. The maximum absolute atomic E-state index is 11.1. The van der Waals surface area contributed by atoms with Crippen LogP contribution in [0, 0.1) is 0 Å². The molecule has 1 unspecified atom stereocenters. The Labute approximate surface area is 213 Å². The van der Waals surface area contributed by atoms with E-state index >= 15 is 0 Å². The maximum Gasteiger partial charge on any atom is 0.189 e. The first-order valence-corrected chi connectivity index (χ1v) is 12.4. The fourth-order valence-electron chi connectivity index (χ4n) is 5.41. The molecule has 1 saturated carbocycles. The van der Waals surface area contributed by atoms with Gasteiger partial charge in [0.2, 0.25) is 0 Å². The minimum atomic E-state index is -1.66. The summed E-state index contributed by atoms with van der Waals surface area (Å²) in [4.78, 5) is 0. The van der Waals surface area contributed by atoms with Crippen molar-refractivity contribution in [2.75, 3.05) is 13.7 Å². The minimum absolute atomic E-state index is 0.136. The van der Waals surface area contributed by atoms with Gasteiger partial charge in [0, 0.05) is 12.1 Å². The lowest BCUT2D eigenvalue weighted by Gasteiger charge is -2.51. The standard InChI is InChI=1S/C21H40N4O12/c1-25-10-13(29)18-8(33-20(10)37-21-16(32)14(30)12(28)9(4-26)34-21)3-7(24)19(36-18)35-17-6(23)2-5(22)11(27)15(17)31/h5-21,25-32H,2-4,22-24H2,1H3/t5-,6+,7-,8+,9-,10+,11+,12-,13-,14+,15-,16-,17-,18+,19+,20?,21-/m1/s1. The minimum Gasteiger partial charge on any atom is -0.394 e. The average Bonchev–Trinajstić information content (AvgIpc) is 2.86. The van der Waals surface area contributed by atoms with Gasteiger partial charge < -0.3 is 81.9 Å². The van der Waals surface area contributed by atoms with Crippen molar-refractivity contribution in [3.8, 4) is 0 Å². The highest BCUT2D eigenvalue weighted by molar-refractivity contribution is 5.01. The van der Waals surface area contributed by atoms with Gasteiger partial charge in [0.05, 0.1) is 30.9 Å². The molecular formula is C21H40N4O12. The van der Waals surface area contributed by atoms with Gasteiger partial charge in [-0.05, 0) is 19.9 Å². The molecule has 3 saturated heterocycles. The molecule has 4 aliphatic rings. The van der Waals surface area contributed by atoms with Crippen molar-refractivity contribution in [3.63, 3.8) is 0 Å². The average molecular weight is 541 g/mol. The van der Waals surface area contributed by atoms with Crippen molar-refractivity contribution in [3.05, 3.63) is 0 Å².